The number of hydrogen-bond acceptors (Lipinski definition) is 4. The maximum absolute atomic E-state index is 11.7. The first-order valence-electron chi connectivity index (χ1n) is 7.69. The first-order valence-corrected chi connectivity index (χ1v) is 7.69. The number of carbonyl (C=O) groups is 1. The number of ether oxygens (including phenoxy) is 1. The van der Waals surface area contributed by atoms with Gasteiger partial charge in [0.2, 0.25) is 0 Å². The molecule has 0 unspecified atom stereocenters. The van der Waals surface area contributed by atoms with Crippen molar-refractivity contribution in [3.63, 3.8) is 0 Å². The zero-order valence-electron chi connectivity index (χ0n) is 12.5. The predicted molar refractivity (Wildman–Crippen MR) is 83.1 cm³/mol. The fourth-order valence-electron chi connectivity index (χ4n) is 2.46. The summed E-state index contributed by atoms with van der Waals surface area (Å²) in [4.78, 5) is 14.1. The first kappa shape index (κ1) is 15.8. The van der Waals surface area contributed by atoms with E-state index < -0.39 is 0 Å². The largest absolute Gasteiger partial charge is 0.484 e. The van der Waals surface area contributed by atoms with E-state index >= 15 is 0 Å². The number of likely N-dealkylation sites (tertiary alicyclic amines) is 1. The second kappa shape index (κ2) is 8.64. The lowest BCUT2D eigenvalue weighted by molar-refractivity contribution is -0.123. The average molecular weight is 291 g/mol. The Hall–Kier alpha value is -1.59. The van der Waals surface area contributed by atoms with Gasteiger partial charge in [-0.25, -0.2) is 0 Å². The lowest BCUT2D eigenvalue weighted by atomic mass is 10.1. The minimum atomic E-state index is -0.0742. The molecule has 5 heteroatoms. The summed E-state index contributed by atoms with van der Waals surface area (Å²) in [6, 6.07) is 7.49. The van der Waals surface area contributed by atoms with Crippen molar-refractivity contribution in [2.24, 2.45) is 5.73 Å². The Morgan fingerprint density at radius 1 is 1.19 bits per heavy atom. The SMILES string of the molecule is NCc1ccc(OCC(=O)NCCN2CCCCC2)cc1. The Morgan fingerprint density at radius 3 is 2.57 bits per heavy atom. The van der Waals surface area contributed by atoms with Crippen LogP contribution in [0.25, 0.3) is 0 Å². The minimum absolute atomic E-state index is 0.0575. The second-order valence-electron chi connectivity index (χ2n) is 5.39. The molecule has 1 amide bonds. The number of piperidine rings is 1. The fourth-order valence-corrected chi connectivity index (χ4v) is 2.46. The van der Waals surface area contributed by atoms with Gasteiger partial charge in [0.1, 0.15) is 5.75 Å². The molecule has 0 spiro atoms. The molecule has 2 rings (SSSR count). The smallest absolute Gasteiger partial charge is 0.257 e. The third kappa shape index (κ3) is 5.73. The Morgan fingerprint density at radius 2 is 1.90 bits per heavy atom. The summed E-state index contributed by atoms with van der Waals surface area (Å²) in [5.41, 5.74) is 6.58. The number of nitrogens with zero attached hydrogens (tertiary/aromatic N) is 1. The lowest BCUT2D eigenvalue weighted by Gasteiger charge is -2.26. The molecule has 5 nitrogen and oxygen atoms in total. The van der Waals surface area contributed by atoms with Crippen LogP contribution in [0.15, 0.2) is 24.3 Å². The van der Waals surface area contributed by atoms with Crippen LogP contribution >= 0.6 is 0 Å². The molecule has 1 aliphatic rings. The van der Waals surface area contributed by atoms with Crippen molar-refractivity contribution in [3.05, 3.63) is 29.8 Å². The van der Waals surface area contributed by atoms with Crippen LogP contribution < -0.4 is 15.8 Å². The monoisotopic (exact) mass is 291 g/mol. The Kier molecular flexibility index (Phi) is 6.50. The Balaban J connectivity index is 1.60. The zero-order valence-corrected chi connectivity index (χ0v) is 12.5. The molecule has 0 saturated carbocycles. The molecule has 1 aliphatic heterocycles. The molecule has 0 atom stereocenters. The van der Waals surface area contributed by atoms with Crippen LogP contribution in [0.1, 0.15) is 24.8 Å². The number of amides is 1. The standard InChI is InChI=1S/C16H25N3O2/c17-12-14-4-6-15(7-5-14)21-13-16(20)18-8-11-19-9-2-1-3-10-19/h4-7H,1-3,8-13,17H2,(H,18,20). The molecule has 1 aromatic carbocycles. The van der Waals surface area contributed by atoms with Crippen LogP contribution in [0, 0.1) is 0 Å². The van der Waals surface area contributed by atoms with Gasteiger partial charge in [-0.3, -0.25) is 4.79 Å². The van der Waals surface area contributed by atoms with E-state index in [0.29, 0.717) is 18.8 Å². The molecule has 116 valence electrons. The van der Waals surface area contributed by atoms with Crippen molar-refractivity contribution in [2.45, 2.75) is 25.8 Å². The van der Waals surface area contributed by atoms with Crippen molar-refractivity contribution in [1.29, 1.82) is 0 Å². The topological polar surface area (TPSA) is 67.6 Å². The van der Waals surface area contributed by atoms with Gasteiger partial charge in [0, 0.05) is 19.6 Å². The molecule has 0 aliphatic carbocycles. The fraction of sp³-hybridized carbons (Fsp3) is 0.562. The lowest BCUT2D eigenvalue weighted by Crippen LogP contribution is -2.39. The van der Waals surface area contributed by atoms with Crippen molar-refractivity contribution < 1.29 is 9.53 Å². The average Bonchev–Trinajstić information content (AvgIpc) is 2.54. The predicted octanol–water partition coefficient (Wildman–Crippen LogP) is 1.13. The van der Waals surface area contributed by atoms with Gasteiger partial charge in [-0.05, 0) is 43.6 Å². The normalized spacial score (nSPS) is 15.7. The maximum atomic E-state index is 11.7. The number of nitrogens with two attached hydrogens (primary N) is 1. The summed E-state index contributed by atoms with van der Waals surface area (Å²) in [5, 5.41) is 2.90. The summed E-state index contributed by atoms with van der Waals surface area (Å²) < 4.78 is 5.44. The van der Waals surface area contributed by atoms with Crippen molar-refractivity contribution in [3.8, 4) is 5.75 Å². The summed E-state index contributed by atoms with van der Waals surface area (Å²) in [7, 11) is 0. The molecule has 3 N–H and O–H groups in total. The van der Waals surface area contributed by atoms with Gasteiger partial charge in [0.15, 0.2) is 6.61 Å². The number of benzene rings is 1. The highest BCUT2D eigenvalue weighted by Gasteiger charge is 2.10. The van der Waals surface area contributed by atoms with E-state index in [-0.39, 0.29) is 12.5 Å². The van der Waals surface area contributed by atoms with Crippen LogP contribution in [0.5, 0.6) is 5.75 Å². The van der Waals surface area contributed by atoms with E-state index in [1.54, 1.807) is 0 Å². The van der Waals surface area contributed by atoms with Crippen LogP contribution in [-0.2, 0) is 11.3 Å². The van der Waals surface area contributed by atoms with Crippen LogP contribution in [0.3, 0.4) is 0 Å². The summed E-state index contributed by atoms with van der Waals surface area (Å²) in [6.45, 7) is 4.49. The zero-order chi connectivity index (χ0) is 14.9. The third-order valence-corrected chi connectivity index (χ3v) is 3.73. The number of rotatable bonds is 7. The summed E-state index contributed by atoms with van der Waals surface area (Å²) in [5.74, 6) is 0.619. The van der Waals surface area contributed by atoms with E-state index in [9.17, 15) is 4.79 Å². The van der Waals surface area contributed by atoms with Crippen LogP contribution in [0.2, 0.25) is 0 Å². The third-order valence-electron chi connectivity index (χ3n) is 3.73. The number of carbonyl (C=O) groups excluding carboxylic acids is 1. The van der Waals surface area contributed by atoms with Gasteiger partial charge < -0.3 is 20.7 Å². The van der Waals surface area contributed by atoms with Crippen molar-refractivity contribution >= 4 is 5.91 Å². The molecular formula is C16H25N3O2. The molecule has 0 bridgehead atoms. The van der Waals surface area contributed by atoms with Gasteiger partial charge in [-0.15, -0.1) is 0 Å². The Labute approximate surface area is 126 Å². The van der Waals surface area contributed by atoms with Crippen molar-refractivity contribution in [2.75, 3.05) is 32.8 Å². The van der Waals surface area contributed by atoms with Gasteiger partial charge in [-0.1, -0.05) is 18.6 Å². The molecule has 0 radical (unpaired) electrons. The molecule has 0 aromatic heterocycles. The van der Waals surface area contributed by atoms with E-state index in [4.69, 9.17) is 10.5 Å². The second-order valence-corrected chi connectivity index (χ2v) is 5.39. The van der Waals surface area contributed by atoms with Crippen LogP contribution in [0.4, 0.5) is 0 Å². The first-order chi connectivity index (χ1) is 10.3. The van der Waals surface area contributed by atoms with E-state index in [2.05, 4.69) is 10.2 Å². The molecule has 1 fully saturated rings. The van der Waals surface area contributed by atoms with Gasteiger partial charge in [0.25, 0.3) is 5.91 Å². The maximum Gasteiger partial charge on any atom is 0.257 e. The van der Waals surface area contributed by atoms with Gasteiger partial charge >= 0.3 is 0 Å². The Bertz CT molecular complexity index is 428. The van der Waals surface area contributed by atoms with E-state index in [1.807, 2.05) is 24.3 Å². The molecule has 1 saturated heterocycles. The van der Waals surface area contributed by atoms with Gasteiger partial charge in [-0.2, -0.15) is 0 Å². The molecule has 1 heterocycles. The molecule has 1 aromatic rings. The highest BCUT2D eigenvalue weighted by Crippen LogP contribution is 2.11. The van der Waals surface area contributed by atoms with Gasteiger partial charge in [0.05, 0.1) is 0 Å². The molecule has 21 heavy (non-hydrogen) atoms. The van der Waals surface area contributed by atoms with Crippen molar-refractivity contribution in [1.82, 2.24) is 10.2 Å². The summed E-state index contributed by atoms with van der Waals surface area (Å²) in [6.07, 6.45) is 3.88. The molecular weight excluding hydrogens is 266 g/mol. The van der Waals surface area contributed by atoms with Crippen LogP contribution in [-0.4, -0.2) is 43.6 Å². The minimum Gasteiger partial charge on any atom is -0.484 e. The van der Waals surface area contributed by atoms with E-state index in [1.165, 1.54) is 19.3 Å². The summed E-state index contributed by atoms with van der Waals surface area (Å²) >= 11 is 0. The highest BCUT2D eigenvalue weighted by atomic mass is 16.5. The van der Waals surface area contributed by atoms with E-state index in [0.717, 1.165) is 25.2 Å². The quantitative estimate of drug-likeness (QED) is 0.790. The highest BCUT2D eigenvalue weighted by molar-refractivity contribution is 5.77. The number of nitrogens with one attached hydrogen (secondary N) is 1. The number of hydrogen-bond donors (Lipinski definition) is 2.